The largest absolute Gasteiger partial charge is 0.317 e. The molecule has 1 aliphatic heterocycles. The smallest absolute Gasteiger partial charge is 0.137 e. The van der Waals surface area contributed by atoms with Gasteiger partial charge in [-0.05, 0) is 70.0 Å². The number of nitrogens with one attached hydrogen (secondary N) is 2. The molecule has 0 atom stereocenters. The van der Waals surface area contributed by atoms with Crippen LogP contribution in [0, 0.1) is 5.41 Å². The Bertz CT molecular complexity index is 373. The third-order valence-corrected chi connectivity index (χ3v) is 5.17. The summed E-state index contributed by atoms with van der Waals surface area (Å²) >= 11 is 0. The van der Waals surface area contributed by atoms with Crippen LogP contribution in [0.2, 0.25) is 0 Å². The van der Waals surface area contributed by atoms with Crippen molar-refractivity contribution in [3.05, 3.63) is 12.7 Å². The Kier molecular flexibility index (Phi) is 4.68. The van der Waals surface area contributed by atoms with E-state index in [1.54, 1.807) is 12.7 Å². The van der Waals surface area contributed by atoms with E-state index in [1.165, 1.54) is 51.6 Å². The maximum Gasteiger partial charge on any atom is 0.137 e. The zero-order valence-corrected chi connectivity index (χ0v) is 12.4. The second-order valence-electron chi connectivity index (χ2n) is 6.49. The number of piperidine rings is 1. The first-order chi connectivity index (χ1) is 9.86. The molecule has 1 saturated heterocycles. The molecule has 0 radical (unpaired) electrons. The molecule has 5 heteroatoms. The van der Waals surface area contributed by atoms with Crippen molar-refractivity contribution in [1.29, 1.82) is 0 Å². The Balaban J connectivity index is 1.32. The van der Waals surface area contributed by atoms with E-state index in [1.807, 2.05) is 4.68 Å². The van der Waals surface area contributed by atoms with Crippen molar-refractivity contribution >= 4 is 0 Å². The minimum absolute atomic E-state index is 0.685. The zero-order valence-electron chi connectivity index (χ0n) is 12.4. The van der Waals surface area contributed by atoms with Gasteiger partial charge in [0, 0.05) is 12.6 Å². The summed E-state index contributed by atoms with van der Waals surface area (Å²) in [6, 6.07) is 0.742. The average Bonchev–Trinajstić information content (AvgIpc) is 3.00. The number of rotatable bonds is 5. The van der Waals surface area contributed by atoms with E-state index in [2.05, 4.69) is 20.7 Å². The van der Waals surface area contributed by atoms with Crippen LogP contribution < -0.4 is 10.6 Å². The molecular formula is C15H27N5. The van der Waals surface area contributed by atoms with Gasteiger partial charge in [-0.25, -0.2) is 4.98 Å². The highest BCUT2D eigenvalue weighted by atomic mass is 15.3. The summed E-state index contributed by atoms with van der Waals surface area (Å²) in [6.45, 7) is 4.53. The fraction of sp³-hybridized carbons (Fsp3) is 0.867. The Morgan fingerprint density at radius 3 is 2.70 bits per heavy atom. The Morgan fingerprint density at radius 1 is 1.20 bits per heavy atom. The van der Waals surface area contributed by atoms with Crippen LogP contribution in [0.15, 0.2) is 12.7 Å². The second-order valence-corrected chi connectivity index (χ2v) is 6.49. The molecule has 1 spiro atoms. The van der Waals surface area contributed by atoms with Crippen LogP contribution in [-0.2, 0) is 6.54 Å². The normalized spacial score (nSPS) is 23.2. The molecule has 1 aromatic heterocycles. The van der Waals surface area contributed by atoms with Crippen LogP contribution >= 0.6 is 0 Å². The van der Waals surface area contributed by atoms with Crippen LogP contribution in [0.1, 0.15) is 44.9 Å². The van der Waals surface area contributed by atoms with Gasteiger partial charge < -0.3 is 10.6 Å². The minimum Gasteiger partial charge on any atom is -0.317 e. The van der Waals surface area contributed by atoms with E-state index in [-0.39, 0.29) is 0 Å². The van der Waals surface area contributed by atoms with E-state index in [4.69, 9.17) is 0 Å². The molecule has 20 heavy (non-hydrogen) atoms. The molecule has 1 aromatic rings. The SMILES string of the molecule is c1ncn(CCCNC2CCC3(CCNCC3)CC2)n1. The zero-order chi connectivity index (χ0) is 13.7. The molecule has 2 heterocycles. The van der Waals surface area contributed by atoms with Crippen LogP contribution in [0.4, 0.5) is 0 Å². The number of aromatic nitrogens is 3. The lowest BCUT2D eigenvalue weighted by molar-refractivity contribution is 0.115. The standard InChI is InChI=1S/C15H27N5/c1(11-20-13-17-12-19-20)8-18-14-2-4-15(5-3-14)6-9-16-10-7-15/h12-14,16,18H,1-11H2. The van der Waals surface area contributed by atoms with E-state index >= 15 is 0 Å². The molecule has 2 N–H and O–H groups in total. The van der Waals surface area contributed by atoms with Crippen molar-refractivity contribution in [2.75, 3.05) is 19.6 Å². The molecule has 2 fully saturated rings. The predicted octanol–water partition coefficient (Wildman–Crippen LogP) is 1.57. The van der Waals surface area contributed by atoms with E-state index in [0.717, 1.165) is 25.6 Å². The summed E-state index contributed by atoms with van der Waals surface area (Å²) in [7, 11) is 0. The van der Waals surface area contributed by atoms with Gasteiger partial charge in [-0.15, -0.1) is 0 Å². The van der Waals surface area contributed by atoms with Gasteiger partial charge in [0.15, 0.2) is 0 Å². The van der Waals surface area contributed by atoms with E-state index < -0.39 is 0 Å². The maximum atomic E-state index is 4.13. The third-order valence-electron chi connectivity index (χ3n) is 5.17. The lowest BCUT2D eigenvalue weighted by atomic mass is 9.67. The molecule has 2 aliphatic rings. The van der Waals surface area contributed by atoms with Crippen molar-refractivity contribution in [2.24, 2.45) is 5.41 Å². The van der Waals surface area contributed by atoms with Crippen molar-refractivity contribution < 1.29 is 0 Å². The van der Waals surface area contributed by atoms with Gasteiger partial charge in [-0.1, -0.05) is 0 Å². The Labute approximate surface area is 121 Å². The fourth-order valence-electron chi connectivity index (χ4n) is 3.79. The summed E-state index contributed by atoms with van der Waals surface area (Å²) in [5.41, 5.74) is 0.685. The quantitative estimate of drug-likeness (QED) is 0.802. The van der Waals surface area contributed by atoms with Gasteiger partial charge >= 0.3 is 0 Å². The van der Waals surface area contributed by atoms with Gasteiger partial charge in [0.25, 0.3) is 0 Å². The van der Waals surface area contributed by atoms with Gasteiger partial charge in [-0.2, -0.15) is 5.10 Å². The number of hydrogen-bond donors (Lipinski definition) is 2. The topological polar surface area (TPSA) is 54.8 Å². The molecule has 112 valence electrons. The first-order valence-corrected chi connectivity index (χ1v) is 8.13. The van der Waals surface area contributed by atoms with Crippen LogP contribution in [0.5, 0.6) is 0 Å². The first kappa shape index (κ1) is 14.0. The fourth-order valence-corrected chi connectivity index (χ4v) is 3.79. The first-order valence-electron chi connectivity index (χ1n) is 8.13. The predicted molar refractivity (Wildman–Crippen MR) is 79.4 cm³/mol. The second kappa shape index (κ2) is 6.68. The minimum atomic E-state index is 0.685. The van der Waals surface area contributed by atoms with Crippen LogP contribution in [0.25, 0.3) is 0 Å². The summed E-state index contributed by atoms with van der Waals surface area (Å²) in [6.07, 6.45) is 12.9. The summed E-state index contributed by atoms with van der Waals surface area (Å²) in [5.74, 6) is 0. The molecule has 0 unspecified atom stereocenters. The highest BCUT2D eigenvalue weighted by Crippen LogP contribution is 2.43. The third kappa shape index (κ3) is 3.58. The number of nitrogens with zero attached hydrogens (tertiary/aromatic N) is 3. The molecule has 1 saturated carbocycles. The molecule has 5 nitrogen and oxygen atoms in total. The summed E-state index contributed by atoms with van der Waals surface area (Å²) in [4.78, 5) is 3.97. The summed E-state index contributed by atoms with van der Waals surface area (Å²) in [5, 5.41) is 11.4. The number of aryl methyl sites for hydroxylation is 1. The molecule has 3 rings (SSSR count). The highest BCUT2D eigenvalue weighted by Gasteiger charge is 2.35. The summed E-state index contributed by atoms with van der Waals surface area (Å²) < 4.78 is 1.91. The Hall–Kier alpha value is -0.940. The van der Waals surface area contributed by atoms with Crippen LogP contribution in [0.3, 0.4) is 0 Å². The molecular weight excluding hydrogens is 250 g/mol. The highest BCUT2D eigenvalue weighted by molar-refractivity contribution is 4.91. The molecule has 0 amide bonds. The van der Waals surface area contributed by atoms with Crippen molar-refractivity contribution in [3.8, 4) is 0 Å². The molecule has 0 aromatic carbocycles. The van der Waals surface area contributed by atoms with Crippen LogP contribution in [-0.4, -0.2) is 40.4 Å². The van der Waals surface area contributed by atoms with Gasteiger partial charge in [0.05, 0.1) is 0 Å². The number of hydrogen-bond acceptors (Lipinski definition) is 4. The average molecular weight is 277 g/mol. The van der Waals surface area contributed by atoms with Crippen molar-refractivity contribution in [1.82, 2.24) is 25.4 Å². The Morgan fingerprint density at radius 2 is 2.00 bits per heavy atom. The van der Waals surface area contributed by atoms with Gasteiger partial charge in [-0.3, -0.25) is 4.68 Å². The lowest BCUT2D eigenvalue weighted by Gasteiger charge is -2.43. The van der Waals surface area contributed by atoms with E-state index in [9.17, 15) is 0 Å². The maximum absolute atomic E-state index is 4.13. The van der Waals surface area contributed by atoms with Crippen molar-refractivity contribution in [3.63, 3.8) is 0 Å². The molecule has 0 bridgehead atoms. The van der Waals surface area contributed by atoms with E-state index in [0.29, 0.717) is 5.41 Å². The van der Waals surface area contributed by atoms with Gasteiger partial charge in [0.1, 0.15) is 12.7 Å². The lowest BCUT2D eigenvalue weighted by Crippen LogP contribution is -2.43. The molecule has 1 aliphatic carbocycles. The monoisotopic (exact) mass is 277 g/mol. The van der Waals surface area contributed by atoms with Crippen molar-refractivity contribution in [2.45, 2.75) is 57.5 Å². The van der Waals surface area contributed by atoms with Gasteiger partial charge in [0.2, 0.25) is 0 Å².